The predicted molar refractivity (Wildman–Crippen MR) is 60.8 cm³/mol. The standard InChI is InChI=1S/C9H8ClN3O2S/c10-7-1-4-12-9(5-7)13-16(14,15)8-2-3-11-6-8/h1-6,11H,(H,12,13). The average Bonchev–Trinajstić information content (AvgIpc) is 2.69. The Bertz CT molecular complexity index is 581. The first-order valence-corrected chi connectivity index (χ1v) is 6.21. The van der Waals surface area contributed by atoms with E-state index >= 15 is 0 Å². The summed E-state index contributed by atoms with van der Waals surface area (Å²) in [6.07, 6.45) is 4.34. The van der Waals surface area contributed by atoms with E-state index in [4.69, 9.17) is 11.6 Å². The van der Waals surface area contributed by atoms with Gasteiger partial charge in [-0.2, -0.15) is 0 Å². The van der Waals surface area contributed by atoms with Gasteiger partial charge in [0.2, 0.25) is 0 Å². The van der Waals surface area contributed by atoms with Crippen LogP contribution in [-0.2, 0) is 10.0 Å². The Hall–Kier alpha value is -1.53. The van der Waals surface area contributed by atoms with E-state index in [0.717, 1.165) is 0 Å². The highest BCUT2D eigenvalue weighted by atomic mass is 35.5. The smallest absolute Gasteiger partial charge is 0.264 e. The quantitative estimate of drug-likeness (QED) is 0.881. The zero-order valence-corrected chi connectivity index (χ0v) is 9.59. The molecule has 0 amide bonds. The summed E-state index contributed by atoms with van der Waals surface area (Å²) in [6.45, 7) is 0. The van der Waals surface area contributed by atoms with E-state index < -0.39 is 10.0 Å². The number of hydrogen-bond acceptors (Lipinski definition) is 3. The molecule has 0 aromatic carbocycles. The van der Waals surface area contributed by atoms with Gasteiger partial charge in [-0.1, -0.05) is 11.6 Å². The van der Waals surface area contributed by atoms with Crippen molar-refractivity contribution >= 4 is 27.4 Å². The van der Waals surface area contributed by atoms with E-state index in [9.17, 15) is 8.42 Å². The van der Waals surface area contributed by atoms with Crippen LogP contribution in [0.5, 0.6) is 0 Å². The van der Waals surface area contributed by atoms with Gasteiger partial charge in [0.15, 0.2) is 0 Å². The van der Waals surface area contributed by atoms with Crippen molar-refractivity contribution in [1.29, 1.82) is 0 Å². The zero-order chi connectivity index (χ0) is 11.6. The summed E-state index contributed by atoms with van der Waals surface area (Å²) in [5.74, 6) is 0.189. The van der Waals surface area contributed by atoms with E-state index in [2.05, 4.69) is 14.7 Å². The summed E-state index contributed by atoms with van der Waals surface area (Å²) in [5.41, 5.74) is 0. The number of aromatic amines is 1. The van der Waals surface area contributed by atoms with Gasteiger partial charge in [-0.15, -0.1) is 0 Å². The van der Waals surface area contributed by atoms with Crippen molar-refractivity contribution in [2.75, 3.05) is 4.72 Å². The van der Waals surface area contributed by atoms with E-state index in [1.807, 2.05) is 0 Å². The molecule has 0 aliphatic heterocycles. The van der Waals surface area contributed by atoms with Crippen molar-refractivity contribution in [1.82, 2.24) is 9.97 Å². The zero-order valence-electron chi connectivity index (χ0n) is 8.01. The maximum Gasteiger partial charge on any atom is 0.264 e. The number of rotatable bonds is 3. The second-order valence-electron chi connectivity index (χ2n) is 3.01. The van der Waals surface area contributed by atoms with Crippen LogP contribution < -0.4 is 4.72 Å². The third kappa shape index (κ3) is 2.34. The fourth-order valence-electron chi connectivity index (χ4n) is 1.13. The summed E-state index contributed by atoms with van der Waals surface area (Å²) < 4.78 is 25.8. The minimum absolute atomic E-state index is 0.147. The Morgan fingerprint density at radius 1 is 1.38 bits per heavy atom. The Morgan fingerprint density at radius 3 is 2.81 bits per heavy atom. The van der Waals surface area contributed by atoms with Gasteiger partial charge in [-0.05, 0) is 12.1 Å². The molecule has 2 rings (SSSR count). The average molecular weight is 258 g/mol. The van der Waals surface area contributed by atoms with Crippen LogP contribution in [0, 0.1) is 0 Å². The van der Waals surface area contributed by atoms with Gasteiger partial charge in [-0.3, -0.25) is 4.72 Å². The number of hydrogen-bond donors (Lipinski definition) is 2. The lowest BCUT2D eigenvalue weighted by Gasteiger charge is -2.05. The number of nitrogens with one attached hydrogen (secondary N) is 2. The number of pyridine rings is 1. The highest BCUT2D eigenvalue weighted by molar-refractivity contribution is 7.92. The first-order valence-electron chi connectivity index (χ1n) is 4.35. The van der Waals surface area contributed by atoms with Crippen LogP contribution in [0.25, 0.3) is 0 Å². The van der Waals surface area contributed by atoms with Crippen molar-refractivity contribution in [2.24, 2.45) is 0 Å². The molecule has 0 fully saturated rings. The van der Waals surface area contributed by atoms with Gasteiger partial charge >= 0.3 is 0 Å². The molecule has 0 aliphatic rings. The number of halogens is 1. The van der Waals surface area contributed by atoms with Gasteiger partial charge in [0.05, 0.1) is 0 Å². The van der Waals surface area contributed by atoms with Gasteiger partial charge < -0.3 is 4.98 Å². The summed E-state index contributed by atoms with van der Waals surface area (Å²) in [7, 11) is -3.59. The molecular weight excluding hydrogens is 250 g/mol. The van der Waals surface area contributed by atoms with E-state index in [1.54, 1.807) is 6.07 Å². The number of H-pyrrole nitrogens is 1. The molecule has 16 heavy (non-hydrogen) atoms. The molecule has 0 unspecified atom stereocenters. The number of aromatic nitrogens is 2. The summed E-state index contributed by atoms with van der Waals surface area (Å²) in [6, 6.07) is 4.45. The molecule has 0 atom stereocenters. The molecule has 0 saturated heterocycles. The molecule has 2 heterocycles. The van der Waals surface area contributed by atoms with Crippen LogP contribution in [0.1, 0.15) is 0 Å². The van der Waals surface area contributed by atoms with E-state index in [0.29, 0.717) is 5.02 Å². The van der Waals surface area contributed by atoms with Crippen LogP contribution in [0.2, 0.25) is 5.02 Å². The molecule has 0 saturated carbocycles. The highest BCUT2D eigenvalue weighted by Crippen LogP contribution is 2.16. The van der Waals surface area contributed by atoms with E-state index in [-0.39, 0.29) is 10.7 Å². The predicted octanol–water partition coefficient (Wildman–Crippen LogP) is 1.86. The molecule has 0 aliphatic carbocycles. The molecular formula is C9H8ClN3O2S. The number of anilines is 1. The van der Waals surface area contributed by atoms with Crippen LogP contribution in [0.15, 0.2) is 41.7 Å². The van der Waals surface area contributed by atoms with Gasteiger partial charge in [0.25, 0.3) is 10.0 Å². The Morgan fingerprint density at radius 2 is 2.19 bits per heavy atom. The summed E-state index contributed by atoms with van der Waals surface area (Å²) in [4.78, 5) is 6.66. The normalized spacial score (nSPS) is 11.3. The molecule has 5 nitrogen and oxygen atoms in total. The fraction of sp³-hybridized carbons (Fsp3) is 0. The third-order valence-corrected chi connectivity index (χ3v) is 3.43. The molecule has 0 spiro atoms. The molecule has 0 bridgehead atoms. The van der Waals surface area contributed by atoms with Crippen molar-refractivity contribution < 1.29 is 8.42 Å². The topological polar surface area (TPSA) is 74.8 Å². The van der Waals surface area contributed by atoms with Gasteiger partial charge in [0, 0.05) is 29.7 Å². The Labute approximate surface area is 97.5 Å². The minimum atomic E-state index is -3.59. The third-order valence-electron chi connectivity index (χ3n) is 1.84. The first-order chi connectivity index (χ1) is 7.58. The van der Waals surface area contributed by atoms with Crippen LogP contribution >= 0.6 is 11.6 Å². The molecule has 2 N–H and O–H groups in total. The second kappa shape index (κ2) is 4.15. The number of nitrogens with zero attached hydrogens (tertiary/aromatic N) is 1. The van der Waals surface area contributed by atoms with Crippen LogP contribution in [0.3, 0.4) is 0 Å². The number of sulfonamides is 1. The van der Waals surface area contributed by atoms with Crippen molar-refractivity contribution in [3.63, 3.8) is 0 Å². The monoisotopic (exact) mass is 257 g/mol. The molecule has 0 radical (unpaired) electrons. The van der Waals surface area contributed by atoms with Crippen molar-refractivity contribution in [2.45, 2.75) is 4.90 Å². The SMILES string of the molecule is O=S(=O)(Nc1cc(Cl)ccn1)c1cc[nH]c1. The molecule has 84 valence electrons. The fourth-order valence-corrected chi connectivity index (χ4v) is 2.27. The first kappa shape index (κ1) is 11.0. The lowest BCUT2D eigenvalue weighted by molar-refractivity contribution is 0.601. The summed E-state index contributed by atoms with van der Waals surface area (Å²) >= 11 is 5.72. The minimum Gasteiger partial charge on any atom is -0.366 e. The second-order valence-corrected chi connectivity index (χ2v) is 5.13. The Kier molecular flexibility index (Phi) is 2.84. The maximum atomic E-state index is 11.8. The largest absolute Gasteiger partial charge is 0.366 e. The van der Waals surface area contributed by atoms with Gasteiger partial charge in [-0.25, -0.2) is 13.4 Å². The maximum absolute atomic E-state index is 11.8. The Balaban J connectivity index is 2.29. The summed E-state index contributed by atoms with van der Waals surface area (Å²) in [5, 5.41) is 0.418. The lowest BCUT2D eigenvalue weighted by atomic mass is 10.5. The van der Waals surface area contributed by atoms with Crippen LogP contribution in [-0.4, -0.2) is 18.4 Å². The van der Waals surface area contributed by atoms with Gasteiger partial charge in [0.1, 0.15) is 10.7 Å². The lowest BCUT2D eigenvalue weighted by Crippen LogP contribution is -2.12. The van der Waals surface area contributed by atoms with Crippen molar-refractivity contribution in [3.8, 4) is 0 Å². The highest BCUT2D eigenvalue weighted by Gasteiger charge is 2.14. The van der Waals surface area contributed by atoms with Crippen LogP contribution in [0.4, 0.5) is 5.82 Å². The molecule has 2 aromatic rings. The van der Waals surface area contributed by atoms with E-state index in [1.165, 1.54) is 30.7 Å². The van der Waals surface area contributed by atoms with Crippen molar-refractivity contribution in [3.05, 3.63) is 41.8 Å². The molecule has 2 aromatic heterocycles. The molecule has 7 heteroatoms.